The van der Waals surface area contributed by atoms with Gasteiger partial charge in [0.1, 0.15) is 10.0 Å². The molecular formula is C27H24ClN3OS2. The Hall–Kier alpha value is -2.77. The highest BCUT2D eigenvalue weighted by atomic mass is 35.5. The van der Waals surface area contributed by atoms with Crippen molar-refractivity contribution in [2.45, 2.75) is 19.9 Å². The lowest BCUT2D eigenvalue weighted by Gasteiger charge is -2.25. The highest BCUT2D eigenvalue weighted by Gasteiger charge is 2.27. The van der Waals surface area contributed by atoms with E-state index in [1.165, 1.54) is 15.1 Å². The van der Waals surface area contributed by atoms with Gasteiger partial charge in [0, 0.05) is 29.1 Å². The minimum absolute atomic E-state index is 0. The van der Waals surface area contributed by atoms with E-state index in [-0.39, 0.29) is 18.3 Å². The fourth-order valence-corrected chi connectivity index (χ4v) is 7.01. The number of thiazole rings is 1. The van der Waals surface area contributed by atoms with Gasteiger partial charge in [-0.2, -0.15) is 0 Å². The average Bonchev–Trinajstić information content (AvgIpc) is 3.43. The number of thiophene rings is 1. The molecule has 34 heavy (non-hydrogen) atoms. The molecule has 4 nitrogen and oxygen atoms in total. The quantitative estimate of drug-likeness (QED) is 0.280. The van der Waals surface area contributed by atoms with E-state index in [9.17, 15) is 4.79 Å². The van der Waals surface area contributed by atoms with Crippen molar-refractivity contribution in [1.82, 2.24) is 9.88 Å². The van der Waals surface area contributed by atoms with Crippen LogP contribution in [-0.4, -0.2) is 28.9 Å². The third-order valence-electron chi connectivity index (χ3n) is 6.35. The Kier molecular flexibility index (Phi) is 6.40. The number of nitrogens with one attached hydrogen (secondary N) is 1. The second kappa shape index (κ2) is 9.47. The molecule has 0 atom stereocenters. The van der Waals surface area contributed by atoms with Crippen molar-refractivity contribution >= 4 is 67.0 Å². The lowest BCUT2D eigenvalue weighted by molar-refractivity contribution is 0.102. The molecule has 0 saturated heterocycles. The van der Waals surface area contributed by atoms with Gasteiger partial charge in [-0.1, -0.05) is 55.5 Å². The number of para-hydroxylation sites is 1. The van der Waals surface area contributed by atoms with Crippen molar-refractivity contribution in [3.63, 3.8) is 0 Å². The van der Waals surface area contributed by atoms with Gasteiger partial charge in [0.25, 0.3) is 5.91 Å². The molecule has 1 N–H and O–H groups in total. The summed E-state index contributed by atoms with van der Waals surface area (Å²) in [6.07, 6.45) is 0.981. The van der Waals surface area contributed by atoms with Crippen LogP contribution >= 0.6 is 35.1 Å². The maximum absolute atomic E-state index is 13.5. The molecule has 0 unspecified atom stereocenters. The smallest absolute Gasteiger partial charge is 0.256 e. The topological polar surface area (TPSA) is 45.2 Å². The molecule has 6 rings (SSSR count). The highest BCUT2D eigenvalue weighted by molar-refractivity contribution is 7.23. The van der Waals surface area contributed by atoms with Crippen LogP contribution in [0.5, 0.6) is 0 Å². The molecule has 3 heterocycles. The number of aromatic nitrogens is 1. The first-order valence-corrected chi connectivity index (χ1v) is 12.9. The second-order valence-corrected chi connectivity index (χ2v) is 10.4. The fraction of sp³-hybridized carbons (Fsp3) is 0.185. The minimum Gasteiger partial charge on any atom is -0.313 e. The maximum atomic E-state index is 13.5. The first kappa shape index (κ1) is 23.0. The number of halogens is 1. The van der Waals surface area contributed by atoms with Crippen LogP contribution in [0.2, 0.25) is 0 Å². The Morgan fingerprint density at radius 3 is 2.68 bits per heavy atom. The second-order valence-electron chi connectivity index (χ2n) is 8.29. The van der Waals surface area contributed by atoms with E-state index in [2.05, 4.69) is 35.3 Å². The molecule has 0 saturated carbocycles. The number of hydrogen-bond acceptors (Lipinski definition) is 5. The van der Waals surface area contributed by atoms with E-state index in [0.29, 0.717) is 5.56 Å². The molecule has 3 aromatic carbocycles. The van der Waals surface area contributed by atoms with Crippen molar-refractivity contribution in [2.75, 3.05) is 18.4 Å². The molecule has 0 fully saturated rings. The standard InChI is InChI=1S/C27H23N3OS2.ClH/c1-2-30-15-14-20-23(16-30)33-27(24(20)26-28-21-12-5-6-13-22(21)32-26)29-25(31)19-11-7-9-17-8-3-4-10-18(17)19;/h3-13H,2,14-16H2,1H3,(H,29,31);1H. The van der Waals surface area contributed by atoms with Gasteiger partial charge in [-0.05, 0) is 47.5 Å². The molecule has 1 aliphatic rings. The number of hydrogen-bond donors (Lipinski definition) is 1. The first-order chi connectivity index (χ1) is 16.2. The highest BCUT2D eigenvalue weighted by Crippen LogP contribution is 2.45. The molecule has 1 aliphatic heterocycles. The summed E-state index contributed by atoms with van der Waals surface area (Å²) in [5.41, 5.74) is 4.16. The fourth-order valence-electron chi connectivity index (χ4n) is 4.61. The molecule has 1 amide bonds. The SMILES string of the molecule is CCN1CCc2c(sc(NC(=O)c3cccc4ccccc34)c2-c2nc3ccccc3s2)C1.Cl. The van der Waals surface area contributed by atoms with E-state index in [1.54, 1.807) is 22.7 Å². The Labute approximate surface area is 212 Å². The van der Waals surface area contributed by atoms with Gasteiger partial charge >= 0.3 is 0 Å². The number of amides is 1. The van der Waals surface area contributed by atoms with E-state index in [0.717, 1.165) is 57.9 Å². The Morgan fingerprint density at radius 1 is 1.03 bits per heavy atom. The minimum atomic E-state index is -0.0693. The molecule has 0 aliphatic carbocycles. The van der Waals surface area contributed by atoms with E-state index >= 15 is 0 Å². The number of anilines is 1. The zero-order valence-electron chi connectivity index (χ0n) is 18.7. The lowest BCUT2D eigenvalue weighted by Crippen LogP contribution is -2.29. The van der Waals surface area contributed by atoms with Crippen LogP contribution in [0, 0.1) is 0 Å². The zero-order chi connectivity index (χ0) is 22.4. The molecule has 5 aromatic rings. The first-order valence-electron chi connectivity index (χ1n) is 11.2. The summed E-state index contributed by atoms with van der Waals surface area (Å²) in [6.45, 7) is 5.20. The van der Waals surface area contributed by atoms with E-state index in [4.69, 9.17) is 4.98 Å². The summed E-state index contributed by atoms with van der Waals surface area (Å²) in [4.78, 5) is 22.2. The number of fused-ring (bicyclic) bond motifs is 3. The summed E-state index contributed by atoms with van der Waals surface area (Å²) in [5, 5.41) is 7.22. The van der Waals surface area contributed by atoms with Crippen LogP contribution in [0.25, 0.3) is 31.6 Å². The molecule has 0 radical (unpaired) electrons. The molecule has 2 aromatic heterocycles. The van der Waals surface area contributed by atoms with Crippen molar-refractivity contribution in [3.05, 3.63) is 82.7 Å². The van der Waals surface area contributed by atoms with Gasteiger partial charge in [-0.15, -0.1) is 35.1 Å². The maximum Gasteiger partial charge on any atom is 0.256 e. The lowest BCUT2D eigenvalue weighted by atomic mass is 10.0. The molecule has 0 spiro atoms. The zero-order valence-corrected chi connectivity index (χ0v) is 21.2. The third-order valence-corrected chi connectivity index (χ3v) is 8.54. The summed E-state index contributed by atoms with van der Waals surface area (Å²) in [6, 6.07) is 22.2. The number of carbonyl (C=O) groups is 1. The van der Waals surface area contributed by atoms with Crippen LogP contribution in [0.15, 0.2) is 66.7 Å². The average molecular weight is 506 g/mol. The van der Waals surface area contributed by atoms with Crippen molar-refractivity contribution < 1.29 is 4.79 Å². The summed E-state index contributed by atoms with van der Waals surface area (Å²) >= 11 is 3.41. The van der Waals surface area contributed by atoms with Gasteiger partial charge in [0.05, 0.1) is 10.2 Å². The van der Waals surface area contributed by atoms with Crippen LogP contribution in [0.3, 0.4) is 0 Å². The number of nitrogens with zero attached hydrogens (tertiary/aromatic N) is 2. The molecule has 7 heteroatoms. The van der Waals surface area contributed by atoms with Gasteiger partial charge in [-0.25, -0.2) is 4.98 Å². The van der Waals surface area contributed by atoms with Crippen LogP contribution < -0.4 is 5.32 Å². The molecule has 0 bridgehead atoms. The normalized spacial score (nSPS) is 13.6. The number of likely N-dealkylation sites (N-methyl/N-ethyl adjacent to an activating group) is 1. The summed E-state index contributed by atoms with van der Waals surface area (Å²) in [5.74, 6) is -0.0693. The Balaban J connectivity index is 0.00000241. The van der Waals surface area contributed by atoms with Gasteiger partial charge in [0.15, 0.2) is 0 Å². The van der Waals surface area contributed by atoms with Gasteiger partial charge in [-0.3, -0.25) is 9.69 Å². The van der Waals surface area contributed by atoms with Crippen LogP contribution in [0.4, 0.5) is 5.00 Å². The largest absolute Gasteiger partial charge is 0.313 e. The summed E-state index contributed by atoms with van der Waals surface area (Å²) < 4.78 is 1.17. The number of rotatable bonds is 4. The molecule has 172 valence electrons. The third kappa shape index (κ3) is 4.01. The monoisotopic (exact) mass is 505 g/mol. The van der Waals surface area contributed by atoms with Crippen molar-refractivity contribution in [2.24, 2.45) is 0 Å². The molecular weight excluding hydrogens is 482 g/mol. The van der Waals surface area contributed by atoms with Crippen LogP contribution in [-0.2, 0) is 13.0 Å². The predicted octanol–water partition coefficient (Wildman–Crippen LogP) is 7.23. The van der Waals surface area contributed by atoms with Gasteiger partial charge in [0.2, 0.25) is 0 Å². The van der Waals surface area contributed by atoms with E-state index < -0.39 is 0 Å². The van der Waals surface area contributed by atoms with Crippen LogP contribution in [0.1, 0.15) is 27.7 Å². The van der Waals surface area contributed by atoms with Gasteiger partial charge < -0.3 is 5.32 Å². The van der Waals surface area contributed by atoms with Crippen molar-refractivity contribution in [3.8, 4) is 10.6 Å². The summed E-state index contributed by atoms with van der Waals surface area (Å²) in [7, 11) is 0. The predicted molar refractivity (Wildman–Crippen MR) is 147 cm³/mol. The number of benzene rings is 3. The van der Waals surface area contributed by atoms with E-state index in [1.807, 2.05) is 48.5 Å². The Bertz CT molecular complexity index is 1470. The van der Waals surface area contributed by atoms with Crippen molar-refractivity contribution in [1.29, 1.82) is 0 Å². The number of carbonyl (C=O) groups excluding carboxylic acids is 1. The Morgan fingerprint density at radius 2 is 1.82 bits per heavy atom.